The number of carbonyl (C=O) groups is 1. The molecule has 0 unspecified atom stereocenters. The number of Topliss-reactive ketones (excluding diaryl/α,β-unsaturated/α-hetero) is 1. The van der Waals surface area contributed by atoms with Gasteiger partial charge in [0.25, 0.3) is 0 Å². The van der Waals surface area contributed by atoms with E-state index in [4.69, 9.17) is 0 Å². The van der Waals surface area contributed by atoms with Crippen molar-refractivity contribution in [3.63, 3.8) is 0 Å². The van der Waals surface area contributed by atoms with E-state index in [0.717, 1.165) is 60.7 Å². The van der Waals surface area contributed by atoms with Crippen molar-refractivity contribution in [1.82, 2.24) is 4.90 Å². The summed E-state index contributed by atoms with van der Waals surface area (Å²) >= 11 is 0. The number of alkyl halides is 3. The number of rotatable bonds is 7. The summed E-state index contributed by atoms with van der Waals surface area (Å²) in [6.07, 6.45) is -0.394. The third-order valence-corrected chi connectivity index (χ3v) is 7.21. The fourth-order valence-electron chi connectivity index (χ4n) is 5.83. The van der Waals surface area contributed by atoms with Gasteiger partial charge in [-0.1, -0.05) is 51.0 Å². The summed E-state index contributed by atoms with van der Waals surface area (Å²) in [4.78, 5) is 17.8. The number of carbonyl (C=O) groups excluding carboxylic acids is 1. The monoisotopic (exact) mass is 446 g/mol. The van der Waals surface area contributed by atoms with Crippen molar-refractivity contribution in [1.29, 1.82) is 0 Å². The molecule has 4 rings (SSSR count). The van der Waals surface area contributed by atoms with Gasteiger partial charge in [-0.3, -0.25) is 4.79 Å². The number of ketones is 1. The van der Waals surface area contributed by atoms with Crippen LogP contribution in [0, 0.1) is 0 Å². The van der Waals surface area contributed by atoms with E-state index in [1.54, 1.807) is 0 Å². The molecule has 1 saturated heterocycles. The second-order valence-electron chi connectivity index (χ2n) is 9.32. The molecule has 0 aromatic heterocycles. The summed E-state index contributed by atoms with van der Waals surface area (Å²) < 4.78 is 37.9. The van der Waals surface area contributed by atoms with Crippen molar-refractivity contribution >= 4 is 22.2 Å². The number of hydrogen-bond acceptors (Lipinski definition) is 3. The highest BCUT2D eigenvalue weighted by Crippen LogP contribution is 2.49. The molecule has 0 N–H and O–H groups in total. The topological polar surface area (TPSA) is 23.6 Å². The van der Waals surface area contributed by atoms with Crippen LogP contribution in [0.25, 0.3) is 10.8 Å². The Kier molecular flexibility index (Phi) is 6.53. The van der Waals surface area contributed by atoms with Crippen LogP contribution in [0.3, 0.4) is 0 Å². The molecular formula is C26H33F3N2O. The fourth-order valence-corrected chi connectivity index (χ4v) is 5.83. The maximum atomic E-state index is 13.6. The van der Waals surface area contributed by atoms with Crippen LogP contribution in [0.2, 0.25) is 0 Å². The fraction of sp³-hybridized carbons (Fsp3) is 0.577. The minimum absolute atomic E-state index is 0.0617. The molecular weight excluding hydrogens is 413 g/mol. The van der Waals surface area contributed by atoms with Crippen LogP contribution >= 0.6 is 0 Å². The van der Waals surface area contributed by atoms with Crippen molar-refractivity contribution in [3.05, 3.63) is 41.5 Å². The summed E-state index contributed by atoms with van der Waals surface area (Å²) in [5.41, 5.74) is 2.68. The first-order chi connectivity index (χ1) is 15.3. The quantitative estimate of drug-likeness (QED) is 0.496. The Hall–Kier alpha value is -2.08. The van der Waals surface area contributed by atoms with Gasteiger partial charge in [-0.15, -0.1) is 0 Å². The van der Waals surface area contributed by atoms with Crippen molar-refractivity contribution in [2.45, 2.75) is 64.0 Å². The van der Waals surface area contributed by atoms with Crippen LogP contribution in [0.15, 0.2) is 30.3 Å². The summed E-state index contributed by atoms with van der Waals surface area (Å²) in [5, 5.41) is 2.20. The lowest BCUT2D eigenvalue weighted by molar-refractivity contribution is -0.137. The van der Waals surface area contributed by atoms with Crippen LogP contribution in [-0.4, -0.2) is 49.6 Å². The van der Waals surface area contributed by atoms with E-state index in [0.29, 0.717) is 19.6 Å². The van der Waals surface area contributed by atoms with E-state index in [1.165, 1.54) is 5.56 Å². The van der Waals surface area contributed by atoms with Crippen LogP contribution in [0.4, 0.5) is 18.9 Å². The third kappa shape index (κ3) is 4.14. The van der Waals surface area contributed by atoms with Crippen LogP contribution in [0.5, 0.6) is 0 Å². The van der Waals surface area contributed by atoms with E-state index in [1.807, 2.05) is 17.0 Å². The van der Waals surface area contributed by atoms with Gasteiger partial charge in [-0.2, -0.15) is 13.2 Å². The maximum absolute atomic E-state index is 13.6. The third-order valence-electron chi connectivity index (χ3n) is 7.21. The molecule has 0 amide bonds. The average Bonchev–Trinajstić information content (AvgIpc) is 2.91. The standard InChI is InChI=1S/C26H33F3N2O/c1-3-11-25(12-4-2)21-9-10-22(19-7-5-8-20(23(19)21)24(25)32)31-15-6-14-30(17-18-31)16-13-26(27,28)29/h5,7-10H,3-4,6,11-18H2,1-2H3. The largest absolute Gasteiger partial charge is 0.390 e. The number of hydrogen-bond donors (Lipinski definition) is 0. The zero-order valence-electron chi connectivity index (χ0n) is 19.1. The van der Waals surface area contributed by atoms with Gasteiger partial charge in [0.05, 0.1) is 11.8 Å². The molecule has 0 atom stereocenters. The van der Waals surface area contributed by atoms with Gasteiger partial charge in [-0.25, -0.2) is 0 Å². The molecule has 1 heterocycles. The number of anilines is 1. The molecule has 1 fully saturated rings. The number of halogens is 3. The van der Waals surface area contributed by atoms with Crippen molar-refractivity contribution in [3.8, 4) is 0 Å². The van der Waals surface area contributed by atoms with Gasteiger partial charge in [0.1, 0.15) is 0 Å². The maximum Gasteiger partial charge on any atom is 0.390 e. The first kappa shape index (κ1) is 23.1. The number of benzene rings is 2. The van der Waals surface area contributed by atoms with E-state index in [9.17, 15) is 18.0 Å². The summed E-state index contributed by atoms with van der Waals surface area (Å²) in [5.74, 6) is 0.258. The Morgan fingerprint density at radius 3 is 2.41 bits per heavy atom. The predicted octanol–water partition coefficient (Wildman–Crippen LogP) is 6.34. The molecule has 2 aromatic rings. The smallest absolute Gasteiger partial charge is 0.370 e. The van der Waals surface area contributed by atoms with E-state index < -0.39 is 18.0 Å². The molecule has 1 aliphatic heterocycles. The molecule has 2 aliphatic rings. The molecule has 2 aromatic carbocycles. The Labute approximate surface area is 188 Å². The second-order valence-corrected chi connectivity index (χ2v) is 9.32. The zero-order chi connectivity index (χ0) is 22.9. The van der Waals surface area contributed by atoms with Gasteiger partial charge in [0, 0.05) is 42.8 Å². The SMILES string of the molecule is CCCC1(CCC)C(=O)c2cccc3c(N4CCCN(CCC(F)(F)F)CC4)ccc1c23. The van der Waals surface area contributed by atoms with Crippen molar-refractivity contribution in [2.24, 2.45) is 0 Å². The average molecular weight is 447 g/mol. The number of nitrogens with zero attached hydrogens (tertiary/aromatic N) is 2. The van der Waals surface area contributed by atoms with Gasteiger partial charge in [0.15, 0.2) is 5.78 Å². The van der Waals surface area contributed by atoms with Crippen molar-refractivity contribution < 1.29 is 18.0 Å². The summed E-state index contributed by atoms with van der Waals surface area (Å²) in [7, 11) is 0. The van der Waals surface area contributed by atoms with Crippen LogP contribution < -0.4 is 4.90 Å². The van der Waals surface area contributed by atoms with Crippen molar-refractivity contribution in [2.75, 3.05) is 37.6 Å². The Morgan fingerprint density at radius 2 is 1.72 bits per heavy atom. The van der Waals surface area contributed by atoms with E-state index >= 15 is 0 Å². The summed E-state index contributed by atoms with van der Waals surface area (Å²) in [6, 6.07) is 10.3. The Balaban J connectivity index is 1.66. The van der Waals surface area contributed by atoms with Gasteiger partial charge >= 0.3 is 6.18 Å². The normalized spacial score (nSPS) is 19.0. The van der Waals surface area contributed by atoms with Crippen LogP contribution in [-0.2, 0) is 5.41 Å². The molecule has 0 bridgehead atoms. The first-order valence-electron chi connectivity index (χ1n) is 12.0. The summed E-state index contributed by atoms with van der Waals surface area (Å²) in [6.45, 7) is 7.15. The highest BCUT2D eigenvalue weighted by atomic mass is 19.4. The molecule has 3 nitrogen and oxygen atoms in total. The second kappa shape index (κ2) is 9.05. The lowest BCUT2D eigenvalue weighted by Crippen LogP contribution is -2.33. The Morgan fingerprint density at radius 1 is 0.969 bits per heavy atom. The van der Waals surface area contributed by atoms with E-state index in [2.05, 4.69) is 36.9 Å². The lowest BCUT2D eigenvalue weighted by Gasteiger charge is -2.30. The molecule has 0 saturated carbocycles. The minimum atomic E-state index is -4.11. The molecule has 6 heteroatoms. The van der Waals surface area contributed by atoms with Gasteiger partial charge in [-0.05, 0) is 42.8 Å². The molecule has 0 radical (unpaired) electrons. The molecule has 174 valence electrons. The molecule has 1 aliphatic carbocycles. The lowest BCUT2D eigenvalue weighted by atomic mass is 9.73. The Bertz CT molecular complexity index is 979. The molecule has 0 spiro atoms. The van der Waals surface area contributed by atoms with Gasteiger partial charge in [0.2, 0.25) is 0 Å². The highest BCUT2D eigenvalue weighted by Gasteiger charge is 2.46. The zero-order valence-corrected chi connectivity index (χ0v) is 19.1. The van der Waals surface area contributed by atoms with Crippen LogP contribution in [0.1, 0.15) is 68.3 Å². The minimum Gasteiger partial charge on any atom is -0.370 e. The van der Waals surface area contributed by atoms with Gasteiger partial charge < -0.3 is 9.80 Å². The predicted molar refractivity (Wildman–Crippen MR) is 124 cm³/mol. The highest BCUT2D eigenvalue weighted by molar-refractivity contribution is 6.22. The van der Waals surface area contributed by atoms with E-state index in [-0.39, 0.29) is 12.3 Å². The molecule has 32 heavy (non-hydrogen) atoms. The first-order valence-corrected chi connectivity index (χ1v) is 12.0.